The van der Waals surface area contributed by atoms with E-state index in [1.54, 1.807) is 6.92 Å². The number of carbonyl (C=O) groups is 2. The Morgan fingerprint density at radius 1 is 1.15 bits per heavy atom. The van der Waals surface area contributed by atoms with Gasteiger partial charge in [0, 0.05) is 24.6 Å². The lowest BCUT2D eigenvalue weighted by Crippen LogP contribution is -2.51. The van der Waals surface area contributed by atoms with Crippen LogP contribution in [0.5, 0.6) is 0 Å². The maximum absolute atomic E-state index is 12.4. The van der Waals surface area contributed by atoms with Gasteiger partial charge in [0.25, 0.3) is 0 Å². The monoisotopic (exact) mass is 392 g/mol. The zero-order valence-corrected chi connectivity index (χ0v) is 17.8. The van der Waals surface area contributed by atoms with E-state index in [1.807, 2.05) is 0 Å². The van der Waals surface area contributed by atoms with Gasteiger partial charge in [0.15, 0.2) is 0 Å². The van der Waals surface area contributed by atoms with E-state index >= 15 is 0 Å². The Morgan fingerprint density at radius 3 is 2.56 bits per heavy atom. The number of carbonyl (C=O) groups excluding carboxylic acids is 2. The van der Waals surface area contributed by atoms with Crippen LogP contribution < -0.4 is 0 Å². The second-order valence-corrected chi connectivity index (χ2v) is 10.7. The van der Waals surface area contributed by atoms with E-state index in [0.717, 1.165) is 38.5 Å². The van der Waals surface area contributed by atoms with Gasteiger partial charge in [0.05, 0.1) is 0 Å². The van der Waals surface area contributed by atoms with Crippen molar-refractivity contribution in [3.05, 3.63) is 11.6 Å². The van der Waals surface area contributed by atoms with Crippen LogP contribution in [0.15, 0.2) is 11.6 Å². The number of halogens is 1. The van der Waals surface area contributed by atoms with Crippen LogP contribution in [-0.2, 0) is 14.3 Å². The predicted molar refractivity (Wildman–Crippen MR) is 106 cm³/mol. The van der Waals surface area contributed by atoms with Crippen molar-refractivity contribution in [1.29, 1.82) is 0 Å². The molecule has 27 heavy (non-hydrogen) atoms. The number of Topliss-reactive ketones (excluding diaryl/α,β-unsaturated/α-hetero) is 1. The summed E-state index contributed by atoms with van der Waals surface area (Å²) in [6, 6.07) is 0. The standard InChI is InChI=1S/C23H33ClO3/c1-13(25)21-20(24)12-19-17-6-5-15-11-16(27-14(2)26)7-9-22(15,3)18(17)8-10-23(19,21)4/h5,16-21H,6-12H2,1-4H3/t16-,17+,18-,19+,20+,21-,22+,23+/m1/s1. The topological polar surface area (TPSA) is 43.4 Å². The second-order valence-electron chi connectivity index (χ2n) is 10.1. The van der Waals surface area contributed by atoms with Gasteiger partial charge in [-0.3, -0.25) is 9.59 Å². The number of alkyl halides is 1. The highest BCUT2D eigenvalue weighted by Crippen LogP contribution is 2.67. The number of hydrogen-bond acceptors (Lipinski definition) is 3. The smallest absolute Gasteiger partial charge is 0.302 e. The molecule has 0 aromatic carbocycles. The van der Waals surface area contributed by atoms with Gasteiger partial charge in [-0.05, 0) is 74.0 Å². The normalized spacial score (nSPS) is 48.7. The highest BCUT2D eigenvalue weighted by atomic mass is 35.5. The van der Waals surface area contributed by atoms with Crippen LogP contribution in [0.25, 0.3) is 0 Å². The Morgan fingerprint density at radius 2 is 1.89 bits per heavy atom. The molecule has 0 unspecified atom stereocenters. The summed E-state index contributed by atoms with van der Waals surface area (Å²) < 4.78 is 5.53. The Hall–Kier alpha value is -0.830. The first-order chi connectivity index (χ1) is 12.7. The van der Waals surface area contributed by atoms with Gasteiger partial charge < -0.3 is 4.74 Å². The minimum absolute atomic E-state index is 0.00543. The number of allylic oxidation sites excluding steroid dienone is 1. The minimum atomic E-state index is -0.166. The molecule has 0 aromatic heterocycles. The molecule has 150 valence electrons. The van der Waals surface area contributed by atoms with E-state index in [0.29, 0.717) is 17.8 Å². The number of ketones is 1. The summed E-state index contributed by atoms with van der Waals surface area (Å²) in [5.74, 6) is 1.98. The van der Waals surface area contributed by atoms with Crippen molar-refractivity contribution in [3.63, 3.8) is 0 Å². The summed E-state index contributed by atoms with van der Waals surface area (Å²) in [5, 5.41) is -0.00543. The van der Waals surface area contributed by atoms with Crippen LogP contribution in [0.4, 0.5) is 0 Å². The number of ether oxygens (including phenoxy) is 1. The highest BCUT2D eigenvalue weighted by molar-refractivity contribution is 6.22. The Balaban J connectivity index is 1.61. The fourth-order valence-corrected chi connectivity index (χ4v) is 8.31. The zero-order chi connectivity index (χ0) is 19.6. The van der Waals surface area contributed by atoms with E-state index in [4.69, 9.17) is 16.3 Å². The third-order valence-electron chi connectivity index (χ3n) is 8.82. The Kier molecular flexibility index (Phi) is 4.77. The molecule has 8 atom stereocenters. The second kappa shape index (κ2) is 6.61. The van der Waals surface area contributed by atoms with Gasteiger partial charge in [-0.1, -0.05) is 25.5 Å². The number of rotatable bonds is 2. The van der Waals surface area contributed by atoms with Gasteiger partial charge in [-0.25, -0.2) is 0 Å². The fourth-order valence-electron chi connectivity index (χ4n) is 7.65. The zero-order valence-electron chi connectivity index (χ0n) is 17.1. The lowest BCUT2D eigenvalue weighted by atomic mass is 9.47. The van der Waals surface area contributed by atoms with E-state index in [1.165, 1.54) is 18.9 Å². The first kappa shape index (κ1) is 19.5. The molecule has 0 N–H and O–H groups in total. The fraction of sp³-hybridized carbons (Fsp3) is 0.826. The van der Waals surface area contributed by atoms with Crippen LogP contribution in [0.1, 0.15) is 72.6 Å². The summed E-state index contributed by atoms with van der Waals surface area (Å²) in [6.45, 7) is 8.02. The molecular weight excluding hydrogens is 360 g/mol. The van der Waals surface area contributed by atoms with Crippen molar-refractivity contribution in [3.8, 4) is 0 Å². The highest BCUT2D eigenvalue weighted by Gasteiger charge is 2.61. The Labute approximate surface area is 168 Å². The molecule has 3 nitrogen and oxygen atoms in total. The molecule has 0 spiro atoms. The molecule has 4 heteroatoms. The maximum atomic E-state index is 12.4. The van der Waals surface area contributed by atoms with Crippen molar-refractivity contribution in [2.45, 2.75) is 84.1 Å². The van der Waals surface area contributed by atoms with Crippen LogP contribution in [0.3, 0.4) is 0 Å². The molecular formula is C23H33ClO3. The van der Waals surface area contributed by atoms with Gasteiger partial charge in [-0.2, -0.15) is 0 Å². The summed E-state index contributed by atoms with van der Waals surface area (Å²) in [7, 11) is 0. The van der Waals surface area contributed by atoms with E-state index in [9.17, 15) is 9.59 Å². The van der Waals surface area contributed by atoms with Crippen molar-refractivity contribution in [2.24, 2.45) is 34.5 Å². The van der Waals surface area contributed by atoms with Gasteiger partial charge in [0.2, 0.25) is 0 Å². The maximum Gasteiger partial charge on any atom is 0.302 e. The van der Waals surface area contributed by atoms with Crippen molar-refractivity contribution in [1.82, 2.24) is 0 Å². The number of fused-ring (bicyclic) bond motifs is 5. The largest absolute Gasteiger partial charge is 0.462 e. The quantitative estimate of drug-likeness (QED) is 0.363. The summed E-state index contributed by atoms with van der Waals surface area (Å²) >= 11 is 6.72. The van der Waals surface area contributed by atoms with Crippen molar-refractivity contribution < 1.29 is 14.3 Å². The van der Waals surface area contributed by atoms with Crippen molar-refractivity contribution in [2.75, 3.05) is 0 Å². The molecule has 0 aliphatic heterocycles. The van der Waals surface area contributed by atoms with E-state index < -0.39 is 0 Å². The average molecular weight is 393 g/mol. The number of hydrogen-bond donors (Lipinski definition) is 0. The van der Waals surface area contributed by atoms with Crippen LogP contribution >= 0.6 is 11.6 Å². The SMILES string of the molecule is CC(=O)O[C@@H]1CC[C@@]2(C)C(=CC[C@H]3[C@H]2CC[C@]2(C)[C@H](C(C)=O)[C@@H](Cl)C[C@@H]32)C1. The third-order valence-corrected chi connectivity index (χ3v) is 9.25. The summed E-state index contributed by atoms with van der Waals surface area (Å²) in [6.07, 6.45) is 9.85. The van der Waals surface area contributed by atoms with Crippen molar-refractivity contribution >= 4 is 23.4 Å². The van der Waals surface area contributed by atoms with Crippen LogP contribution in [-0.4, -0.2) is 23.2 Å². The first-order valence-corrected chi connectivity index (χ1v) is 11.1. The molecule has 4 aliphatic rings. The molecule has 0 bridgehead atoms. The molecule has 4 aliphatic carbocycles. The molecule has 0 radical (unpaired) electrons. The lowest BCUT2D eigenvalue weighted by Gasteiger charge is -2.57. The molecule has 3 fully saturated rings. The molecule has 0 heterocycles. The predicted octanol–water partition coefficient (Wildman–Crippen LogP) is 5.30. The average Bonchev–Trinajstić information content (AvgIpc) is 2.85. The number of esters is 1. The van der Waals surface area contributed by atoms with E-state index in [2.05, 4.69) is 19.9 Å². The summed E-state index contributed by atoms with van der Waals surface area (Å²) in [5.41, 5.74) is 1.79. The Bertz CT molecular complexity index is 685. The summed E-state index contributed by atoms with van der Waals surface area (Å²) in [4.78, 5) is 23.7. The lowest BCUT2D eigenvalue weighted by molar-refractivity contribution is -0.149. The van der Waals surface area contributed by atoms with Gasteiger partial charge in [0.1, 0.15) is 11.9 Å². The van der Waals surface area contributed by atoms with Crippen LogP contribution in [0.2, 0.25) is 0 Å². The molecule has 3 saturated carbocycles. The van der Waals surface area contributed by atoms with Crippen LogP contribution in [0, 0.1) is 34.5 Å². The molecule has 4 rings (SSSR count). The molecule has 0 amide bonds. The minimum Gasteiger partial charge on any atom is -0.462 e. The first-order valence-electron chi connectivity index (χ1n) is 10.7. The molecule has 0 aromatic rings. The molecule has 0 saturated heterocycles. The van der Waals surface area contributed by atoms with Gasteiger partial charge in [-0.15, -0.1) is 11.6 Å². The third kappa shape index (κ3) is 2.91. The van der Waals surface area contributed by atoms with E-state index in [-0.39, 0.29) is 40.0 Å². The van der Waals surface area contributed by atoms with Gasteiger partial charge >= 0.3 is 5.97 Å².